The van der Waals surface area contributed by atoms with E-state index in [0.29, 0.717) is 28.3 Å². The first kappa shape index (κ1) is 22.1. The molecule has 0 radical (unpaired) electrons. The van der Waals surface area contributed by atoms with Crippen LogP contribution in [0, 0.1) is 6.92 Å². The van der Waals surface area contributed by atoms with Crippen molar-refractivity contribution < 1.29 is 9.53 Å². The third-order valence-corrected chi connectivity index (χ3v) is 5.56. The molecular weight excluding hydrogens is 442 g/mol. The zero-order valence-electron chi connectivity index (χ0n) is 19.1. The summed E-state index contributed by atoms with van der Waals surface area (Å²) in [7, 11) is 0. The van der Waals surface area contributed by atoms with E-state index in [1.165, 1.54) is 10.8 Å². The van der Waals surface area contributed by atoms with Crippen LogP contribution in [-0.2, 0) is 11.3 Å². The third-order valence-electron chi connectivity index (χ3n) is 5.56. The second-order valence-electron chi connectivity index (χ2n) is 7.98. The van der Waals surface area contributed by atoms with Crippen molar-refractivity contribution in [3.63, 3.8) is 0 Å². The Morgan fingerprint density at radius 2 is 1.57 bits per heavy atom. The Morgan fingerprint density at radius 3 is 2.29 bits per heavy atom. The van der Waals surface area contributed by atoms with Gasteiger partial charge in [0.2, 0.25) is 5.91 Å². The monoisotopic (exact) mass is 465 g/mol. The number of rotatable bonds is 7. The Hall–Kier alpha value is -4.72. The molecule has 0 unspecified atom stereocenters. The summed E-state index contributed by atoms with van der Waals surface area (Å²) in [4.78, 5) is 30.2. The number of anilines is 1. The molecule has 5 rings (SSSR count). The van der Waals surface area contributed by atoms with Gasteiger partial charge in [0.05, 0.1) is 11.9 Å². The minimum absolute atomic E-state index is 0.128. The van der Waals surface area contributed by atoms with Crippen LogP contribution in [0.15, 0.2) is 95.9 Å². The highest BCUT2D eigenvalue weighted by atomic mass is 16.5. The van der Waals surface area contributed by atoms with Gasteiger partial charge < -0.3 is 10.1 Å². The summed E-state index contributed by atoms with van der Waals surface area (Å²) in [6.07, 6.45) is 1.65. The molecule has 35 heavy (non-hydrogen) atoms. The second-order valence-corrected chi connectivity index (χ2v) is 7.98. The lowest BCUT2D eigenvalue weighted by Crippen LogP contribution is -2.26. The standard InChI is InChI=1S/C27H23N5O3/c1-19-29-26-24(18-28-32(26)21-8-4-2-5-9-21)27(34)31(19)17-16-25(33)30-20-12-14-23(15-13-20)35-22-10-6-3-7-11-22/h2-15,18H,16-17H2,1H3,(H,30,33). The van der Waals surface area contributed by atoms with Crippen LogP contribution in [0.4, 0.5) is 5.69 Å². The van der Waals surface area contributed by atoms with Gasteiger partial charge in [-0.05, 0) is 55.5 Å². The molecule has 8 heteroatoms. The van der Waals surface area contributed by atoms with E-state index >= 15 is 0 Å². The second kappa shape index (κ2) is 9.64. The van der Waals surface area contributed by atoms with Crippen molar-refractivity contribution in [1.29, 1.82) is 0 Å². The SMILES string of the molecule is Cc1nc2c(cnn2-c2ccccc2)c(=O)n1CCC(=O)Nc1ccc(Oc2ccccc2)cc1. The smallest absolute Gasteiger partial charge is 0.264 e. The molecule has 0 aliphatic carbocycles. The van der Waals surface area contributed by atoms with Gasteiger partial charge in [0.25, 0.3) is 5.56 Å². The Bertz CT molecular complexity index is 1520. The van der Waals surface area contributed by atoms with Gasteiger partial charge in [-0.1, -0.05) is 36.4 Å². The summed E-state index contributed by atoms with van der Waals surface area (Å²) in [6, 6.07) is 26.1. The molecule has 2 aromatic heterocycles. The van der Waals surface area contributed by atoms with Crippen LogP contribution in [0.3, 0.4) is 0 Å². The van der Waals surface area contributed by atoms with Gasteiger partial charge in [-0.15, -0.1) is 0 Å². The zero-order chi connectivity index (χ0) is 24.2. The Labute approximate surface area is 201 Å². The number of hydrogen-bond acceptors (Lipinski definition) is 5. The van der Waals surface area contributed by atoms with Crippen LogP contribution < -0.4 is 15.6 Å². The maximum Gasteiger partial charge on any atom is 0.264 e. The van der Waals surface area contributed by atoms with Crippen molar-refractivity contribution in [2.45, 2.75) is 19.9 Å². The van der Waals surface area contributed by atoms with Crippen molar-refractivity contribution in [1.82, 2.24) is 19.3 Å². The quantitative estimate of drug-likeness (QED) is 0.376. The molecule has 0 saturated carbocycles. The van der Waals surface area contributed by atoms with Gasteiger partial charge in [-0.25, -0.2) is 9.67 Å². The van der Waals surface area contributed by atoms with Gasteiger partial charge in [0.15, 0.2) is 5.65 Å². The summed E-state index contributed by atoms with van der Waals surface area (Å²) < 4.78 is 8.92. The van der Waals surface area contributed by atoms with E-state index in [4.69, 9.17) is 4.74 Å². The first-order chi connectivity index (χ1) is 17.1. The Balaban J connectivity index is 1.25. The Morgan fingerprint density at radius 1 is 0.914 bits per heavy atom. The number of hydrogen-bond donors (Lipinski definition) is 1. The van der Waals surface area contributed by atoms with Crippen LogP contribution in [0.5, 0.6) is 11.5 Å². The molecule has 0 aliphatic heterocycles. The lowest BCUT2D eigenvalue weighted by molar-refractivity contribution is -0.116. The maximum absolute atomic E-state index is 13.1. The van der Waals surface area contributed by atoms with Crippen molar-refractivity contribution in [3.05, 3.63) is 107 Å². The largest absolute Gasteiger partial charge is 0.457 e. The van der Waals surface area contributed by atoms with Crippen molar-refractivity contribution in [2.75, 3.05) is 5.32 Å². The number of nitrogens with zero attached hydrogens (tertiary/aromatic N) is 4. The van der Waals surface area contributed by atoms with Crippen LogP contribution in [0.25, 0.3) is 16.7 Å². The summed E-state index contributed by atoms with van der Waals surface area (Å²) >= 11 is 0. The van der Waals surface area contributed by atoms with E-state index < -0.39 is 0 Å². The highest BCUT2D eigenvalue weighted by molar-refractivity contribution is 5.90. The van der Waals surface area contributed by atoms with E-state index in [1.54, 1.807) is 35.9 Å². The molecule has 0 atom stereocenters. The number of ether oxygens (including phenoxy) is 1. The molecule has 0 fully saturated rings. The topological polar surface area (TPSA) is 91.0 Å². The summed E-state index contributed by atoms with van der Waals surface area (Å²) in [5, 5.41) is 7.61. The number of para-hydroxylation sites is 2. The zero-order valence-corrected chi connectivity index (χ0v) is 19.1. The fraction of sp³-hybridized carbons (Fsp3) is 0.111. The molecular formula is C27H23N5O3. The lowest BCUT2D eigenvalue weighted by Gasteiger charge is -2.11. The number of aryl methyl sites for hydroxylation is 1. The minimum atomic E-state index is -0.218. The summed E-state index contributed by atoms with van der Waals surface area (Å²) in [6.45, 7) is 1.97. The Kier molecular flexibility index (Phi) is 6.09. The van der Waals surface area contributed by atoms with Gasteiger partial charge in [0.1, 0.15) is 22.7 Å². The summed E-state index contributed by atoms with van der Waals surface area (Å²) in [5.41, 5.74) is 1.76. The van der Waals surface area contributed by atoms with Gasteiger partial charge >= 0.3 is 0 Å². The third kappa shape index (κ3) is 4.81. The minimum Gasteiger partial charge on any atom is -0.457 e. The first-order valence-corrected chi connectivity index (χ1v) is 11.2. The normalized spacial score (nSPS) is 10.9. The molecule has 174 valence electrons. The van der Waals surface area contributed by atoms with Crippen LogP contribution in [0.1, 0.15) is 12.2 Å². The number of amides is 1. The van der Waals surface area contributed by atoms with E-state index in [-0.39, 0.29) is 24.4 Å². The van der Waals surface area contributed by atoms with E-state index in [1.807, 2.05) is 60.7 Å². The van der Waals surface area contributed by atoms with Crippen LogP contribution >= 0.6 is 0 Å². The van der Waals surface area contributed by atoms with Gasteiger partial charge in [-0.3, -0.25) is 14.2 Å². The number of fused-ring (bicyclic) bond motifs is 1. The molecule has 8 nitrogen and oxygen atoms in total. The highest BCUT2D eigenvalue weighted by Crippen LogP contribution is 2.22. The predicted octanol–water partition coefficient (Wildman–Crippen LogP) is 4.71. The highest BCUT2D eigenvalue weighted by Gasteiger charge is 2.15. The molecule has 2 heterocycles. The number of benzene rings is 3. The van der Waals surface area contributed by atoms with E-state index in [0.717, 1.165) is 11.4 Å². The molecule has 0 bridgehead atoms. The number of carbonyl (C=O) groups excluding carboxylic acids is 1. The van der Waals surface area contributed by atoms with E-state index in [9.17, 15) is 9.59 Å². The number of aromatic nitrogens is 4. The van der Waals surface area contributed by atoms with Crippen molar-refractivity contribution in [3.8, 4) is 17.2 Å². The van der Waals surface area contributed by atoms with Crippen LogP contribution in [-0.4, -0.2) is 25.2 Å². The maximum atomic E-state index is 13.1. The molecule has 3 aromatic carbocycles. The fourth-order valence-corrected chi connectivity index (χ4v) is 3.80. The average Bonchev–Trinajstić information content (AvgIpc) is 3.30. The van der Waals surface area contributed by atoms with Crippen molar-refractivity contribution >= 4 is 22.6 Å². The predicted molar refractivity (Wildman–Crippen MR) is 134 cm³/mol. The van der Waals surface area contributed by atoms with Gasteiger partial charge in [-0.2, -0.15) is 5.10 Å². The molecule has 1 amide bonds. The lowest BCUT2D eigenvalue weighted by atomic mass is 10.2. The fourth-order valence-electron chi connectivity index (χ4n) is 3.80. The molecule has 0 spiro atoms. The first-order valence-electron chi connectivity index (χ1n) is 11.2. The molecule has 0 saturated heterocycles. The molecule has 5 aromatic rings. The molecule has 0 aliphatic rings. The van der Waals surface area contributed by atoms with Gasteiger partial charge in [0, 0.05) is 18.7 Å². The molecule has 1 N–H and O–H groups in total. The van der Waals surface area contributed by atoms with Crippen LogP contribution in [0.2, 0.25) is 0 Å². The van der Waals surface area contributed by atoms with E-state index in [2.05, 4.69) is 15.4 Å². The number of carbonyl (C=O) groups is 1. The number of nitrogens with one attached hydrogen (secondary N) is 1. The summed E-state index contributed by atoms with van der Waals surface area (Å²) in [5.74, 6) is 1.74. The van der Waals surface area contributed by atoms with Crippen molar-refractivity contribution in [2.24, 2.45) is 0 Å². The average molecular weight is 466 g/mol.